The third-order valence-corrected chi connectivity index (χ3v) is 2.73. The Balaban J connectivity index is 2.37. The Hall–Kier alpha value is -1.92. The van der Waals surface area contributed by atoms with Crippen LogP contribution in [0.2, 0.25) is 5.02 Å². The summed E-state index contributed by atoms with van der Waals surface area (Å²) in [5.74, 6) is -0.836. The normalized spacial score (nSPS) is 10.2. The summed E-state index contributed by atoms with van der Waals surface area (Å²) >= 11 is 10.6. The number of halogens is 1. The first kappa shape index (κ1) is 17.1. The van der Waals surface area contributed by atoms with Crippen LogP contribution in [-0.4, -0.2) is 30.1 Å². The van der Waals surface area contributed by atoms with E-state index in [1.807, 2.05) is 0 Å². The predicted octanol–water partition coefficient (Wildman–Crippen LogP) is 1.91. The molecule has 0 saturated heterocycles. The number of esters is 1. The number of benzene rings is 1. The standard InChI is InChI=1S/C14H15ClN2O3S/c1-2-20-13(19)9-16-14(21)17-12(18)8-5-10-3-6-11(15)7-4-10/h3-8H,2,9H2,1H3,(H2,16,17,18,21)/b8-5+. The molecular formula is C14H15ClN2O3S. The van der Waals surface area contributed by atoms with Crippen LogP contribution in [0, 0.1) is 0 Å². The SMILES string of the molecule is CCOC(=O)CNC(=S)NC(=O)/C=C/c1ccc(Cl)cc1. The Kier molecular flexibility index (Phi) is 7.42. The monoisotopic (exact) mass is 326 g/mol. The molecule has 5 nitrogen and oxygen atoms in total. The van der Waals surface area contributed by atoms with Crippen molar-refractivity contribution in [2.45, 2.75) is 6.92 Å². The number of hydrogen-bond donors (Lipinski definition) is 2. The van der Waals surface area contributed by atoms with E-state index in [2.05, 4.69) is 10.6 Å². The van der Waals surface area contributed by atoms with Crippen molar-refractivity contribution in [3.8, 4) is 0 Å². The van der Waals surface area contributed by atoms with E-state index in [0.29, 0.717) is 11.6 Å². The van der Waals surface area contributed by atoms with Gasteiger partial charge in [-0.1, -0.05) is 23.7 Å². The number of amides is 1. The van der Waals surface area contributed by atoms with Gasteiger partial charge in [-0.2, -0.15) is 0 Å². The highest BCUT2D eigenvalue weighted by Gasteiger charge is 2.04. The molecule has 0 unspecified atom stereocenters. The zero-order valence-corrected chi connectivity index (χ0v) is 13.0. The quantitative estimate of drug-likeness (QED) is 0.491. The van der Waals surface area contributed by atoms with Crippen LogP contribution in [0.4, 0.5) is 0 Å². The van der Waals surface area contributed by atoms with Gasteiger partial charge >= 0.3 is 5.97 Å². The van der Waals surface area contributed by atoms with Crippen molar-refractivity contribution in [2.75, 3.05) is 13.2 Å². The summed E-state index contributed by atoms with van der Waals surface area (Å²) in [4.78, 5) is 22.7. The summed E-state index contributed by atoms with van der Waals surface area (Å²) < 4.78 is 4.71. The Morgan fingerprint density at radius 3 is 2.62 bits per heavy atom. The van der Waals surface area contributed by atoms with E-state index in [1.165, 1.54) is 6.08 Å². The molecule has 0 spiro atoms. The van der Waals surface area contributed by atoms with Crippen LogP contribution >= 0.6 is 23.8 Å². The molecule has 0 aromatic heterocycles. The fraction of sp³-hybridized carbons (Fsp3) is 0.214. The summed E-state index contributed by atoms with van der Waals surface area (Å²) in [5, 5.41) is 5.69. The highest BCUT2D eigenvalue weighted by atomic mass is 35.5. The van der Waals surface area contributed by atoms with Gasteiger partial charge in [0.1, 0.15) is 6.54 Å². The lowest BCUT2D eigenvalue weighted by Crippen LogP contribution is -2.41. The van der Waals surface area contributed by atoms with Crippen molar-refractivity contribution in [3.63, 3.8) is 0 Å². The molecule has 1 amide bonds. The van der Waals surface area contributed by atoms with Crippen LogP contribution < -0.4 is 10.6 Å². The first-order valence-corrected chi connectivity index (χ1v) is 6.98. The topological polar surface area (TPSA) is 67.4 Å². The van der Waals surface area contributed by atoms with E-state index in [9.17, 15) is 9.59 Å². The zero-order chi connectivity index (χ0) is 15.7. The highest BCUT2D eigenvalue weighted by molar-refractivity contribution is 7.80. The molecule has 0 bridgehead atoms. The van der Waals surface area contributed by atoms with Crippen LogP contribution in [0.3, 0.4) is 0 Å². The largest absolute Gasteiger partial charge is 0.465 e. The lowest BCUT2D eigenvalue weighted by molar-refractivity contribution is -0.141. The molecule has 112 valence electrons. The van der Waals surface area contributed by atoms with Gasteiger partial charge in [-0.25, -0.2) is 0 Å². The van der Waals surface area contributed by atoms with Gasteiger partial charge < -0.3 is 10.1 Å². The number of rotatable bonds is 5. The Morgan fingerprint density at radius 1 is 1.33 bits per heavy atom. The Labute approximate surface area is 133 Å². The second kappa shape index (κ2) is 9.10. The molecular weight excluding hydrogens is 312 g/mol. The average Bonchev–Trinajstić information content (AvgIpc) is 2.45. The third-order valence-electron chi connectivity index (χ3n) is 2.23. The minimum atomic E-state index is -0.439. The minimum absolute atomic E-state index is 0.0637. The van der Waals surface area contributed by atoms with Gasteiger partial charge in [0.2, 0.25) is 5.91 Å². The van der Waals surface area contributed by atoms with Gasteiger partial charge in [0.15, 0.2) is 5.11 Å². The van der Waals surface area contributed by atoms with Crippen LogP contribution in [-0.2, 0) is 14.3 Å². The summed E-state index contributed by atoms with van der Waals surface area (Å²) in [5.41, 5.74) is 0.833. The van der Waals surface area contributed by atoms with Crippen molar-refractivity contribution in [2.24, 2.45) is 0 Å². The molecule has 2 N–H and O–H groups in total. The van der Waals surface area contributed by atoms with Crippen molar-refractivity contribution < 1.29 is 14.3 Å². The number of thiocarbonyl (C=S) groups is 1. The van der Waals surface area contributed by atoms with Gasteiger partial charge in [0.05, 0.1) is 6.61 Å². The van der Waals surface area contributed by atoms with Crippen molar-refractivity contribution in [1.82, 2.24) is 10.6 Å². The Bertz CT molecular complexity index is 544. The molecule has 7 heteroatoms. The first-order valence-electron chi connectivity index (χ1n) is 6.19. The lowest BCUT2D eigenvalue weighted by Gasteiger charge is -2.07. The molecule has 0 radical (unpaired) electrons. The molecule has 0 atom stereocenters. The number of carbonyl (C=O) groups is 2. The van der Waals surface area contributed by atoms with E-state index >= 15 is 0 Å². The molecule has 0 aliphatic carbocycles. The second-order valence-corrected chi connectivity index (χ2v) is 4.71. The van der Waals surface area contributed by atoms with E-state index in [4.69, 9.17) is 28.6 Å². The summed E-state index contributed by atoms with van der Waals surface area (Å²) in [6.07, 6.45) is 2.96. The van der Waals surface area contributed by atoms with E-state index in [0.717, 1.165) is 5.56 Å². The molecule has 0 heterocycles. The number of ether oxygens (including phenoxy) is 1. The summed E-state index contributed by atoms with van der Waals surface area (Å²) in [6.45, 7) is 1.91. The molecule has 0 saturated carbocycles. The maximum Gasteiger partial charge on any atom is 0.325 e. The van der Waals surface area contributed by atoms with Crippen molar-refractivity contribution in [1.29, 1.82) is 0 Å². The van der Waals surface area contributed by atoms with E-state index in [1.54, 1.807) is 37.3 Å². The fourth-order valence-electron chi connectivity index (χ4n) is 1.31. The molecule has 0 aliphatic rings. The zero-order valence-electron chi connectivity index (χ0n) is 11.4. The van der Waals surface area contributed by atoms with Gasteiger partial charge in [-0.05, 0) is 42.9 Å². The molecule has 1 aromatic carbocycles. The van der Waals surface area contributed by atoms with Crippen LogP contribution in [0.1, 0.15) is 12.5 Å². The molecule has 0 fully saturated rings. The molecule has 21 heavy (non-hydrogen) atoms. The smallest absolute Gasteiger partial charge is 0.325 e. The minimum Gasteiger partial charge on any atom is -0.465 e. The van der Waals surface area contributed by atoms with Gasteiger partial charge in [-0.15, -0.1) is 0 Å². The van der Waals surface area contributed by atoms with Crippen molar-refractivity contribution >= 4 is 46.9 Å². The Morgan fingerprint density at radius 2 is 2.00 bits per heavy atom. The highest BCUT2D eigenvalue weighted by Crippen LogP contribution is 2.10. The average molecular weight is 327 g/mol. The molecule has 1 rings (SSSR count). The van der Waals surface area contributed by atoms with Gasteiger partial charge in [-0.3, -0.25) is 14.9 Å². The first-order chi connectivity index (χ1) is 10.0. The number of nitrogens with one attached hydrogen (secondary N) is 2. The summed E-state index contributed by atoms with van der Waals surface area (Å²) in [6, 6.07) is 7.02. The maximum atomic E-state index is 11.6. The lowest BCUT2D eigenvalue weighted by atomic mass is 10.2. The summed E-state index contributed by atoms with van der Waals surface area (Å²) in [7, 11) is 0. The number of hydrogen-bond acceptors (Lipinski definition) is 4. The predicted molar refractivity (Wildman–Crippen MR) is 85.9 cm³/mol. The van der Waals surface area contributed by atoms with Gasteiger partial charge in [0.25, 0.3) is 0 Å². The van der Waals surface area contributed by atoms with Crippen LogP contribution in [0.15, 0.2) is 30.3 Å². The van der Waals surface area contributed by atoms with Crippen LogP contribution in [0.5, 0.6) is 0 Å². The third kappa shape index (κ3) is 7.43. The maximum absolute atomic E-state index is 11.6. The van der Waals surface area contributed by atoms with Crippen molar-refractivity contribution in [3.05, 3.63) is 40.9 Å². The molecule has 0 aliphatic heterocycles. The van der Waals surface area contributed by atoms with E-state index < -0.39 is 11.9 Å². The molecule has 1 aromatic rings. The van der Waals surface area contributed by atoms with Crippen LogP contribution in [0.25, 0.3) is 6.08 Å². The second-order valence-electron chi connectivity index (χ2n) is 3.86. The fourth-order valence-corrected chi connectivity index (χ4v) is 1.61. The number of carbonyl (C=O) groups excluding carboxylic acids is 2. The van der Waals surface area contributed by atoms with E-state index in [-0.39, 0.29) is 11.7 Å². The van der Waals surface area contributed by atoms with Gasteiger partial charge in [0, 0.05) is 11.1 Å².